The summed E-state index contributed by atoms with van der Waals surface area (Å²) in [5, 5.41) is 18.2. The number of benzene rings is 2. The minimum atomic E-state index is -3.71. The van der Waals surface area contributed by atoms with E-state index in [1.54, 1.807) is 35.6 Å². The van der Waals surface area contributed by atoms with E-state index in [2.05, 4.69) is 35.5 Å². The van der Waals surface area contributed by atoms with Crippen molar-refractivity contribution >= 4 is 57.2 Å². The van der Waals surface area contributed by atoms with Crippen molar-refractivity contribution in [1.29, 1.82) is 5.41 Å². The predicted molar refractivity (Wildman–Crippen MR) is 236 cm³/mol. The van der Waals surface area contributed by atoms with Crippen LogP contribution in [0.4, 0.5) is 11.6 Å². The van der Waals surface area contributed by atoms with Crippen LogP contribution in [0, 0.1) is 10.8 Å². The Morgan fingerprint density at radius 2 is 1.82 bits per heavy atom. The number of anilines is 2. The monoisotopic (exact) mass is 868 g/mol. The van der Waals surface area contributed by atoms with Gasteiger partial charge in [-0.1, -0.05) is 12.1 Å². The fourth-order valence-electron chi connectivity index (χ4n) is 8.65. The number of aldehydes is 1. The summed E-state index contributed by atoms with van der Waals surface area (Å²) in [5.74, 6) is 0.325. The first-order chi connectivity index (χ1) is 29.8. The van der Waals surface area contributed by atoms with E-state index in [0.29, 0.717) is 78.1 Å². The van der Waals surface area contributed by atoms with Crippen molar-refractivity contribution in [3.8, 4) is 5.75 Å². The predicted octanol–water partition coefficient (Wildman–Crippen LogP) is 3.00. The maximum absolute atomic E-state index is 13.9. The second-order valence-electron chi connectivity index (χ2n) is 16.6. The summed E-state index contributed by atoms with van der Waals surface area (Å²) in [7, 11) is -2.17. The molecule has 3 fully saturated rings. The van der Waals surface area contributed by atoms with Crippen molar-refractivity contribution in [2.24, 2.45) is 11.1 Å². The minimum absolute atomic E-state index is 0.0509. The third-order valence-corrected chi connectivity index (χ3v) is 13.7. The fourth-order valence-corrected chi connectivity index (χ4v) is 10.2. The number of allylic oxidation sites excluding steroid dienone is 1. The number of sulfonamides is 1. The minimum Gasteiger partial charge on any atom is -0.485 e. The Bertz CT molecular complexity index is 2420. The number of amides is 2. The Hall–Kier alpha value is -5.92. The molecule has 5 heterocycles. The van der Waals surface area contributed by atoms with E-state index < -0.39 is 16.1 Å². The zero-order valence-corrected chi connectivity index (χ0v) is 36.5. The summed E-state index contributed by atoms with van der Waals surface area (Å²) in [5.41, 5.74) is 9.60. The van der Waals surface area contributed by atoms with Crippen LogP contribution in [0.3, 0.4) is 0 Å². The van der Waals surface area contributed by atoms with Gasteiger partial charge in [-0.2, -0.15) is 13.8 Å². The highest BCUT2D eigenvalue weighted by atomic mass is 32.2. The molecule has 330 valence electrons. The van der Waals surface area contributed by atoms with Crippen molar-refractivity contribution in [3.63, 3.8) is 0 Å². The van der Waals surface area contributed by atoms with Gasteiger partial charge in [0.2, 0.25) is 27.5 Å². The van der Waals surface area contributed by atoms with Crippen molar-refractivity contribution in [2.45, 2.75) is 76.1 Å². The molecule has 0 aliphatic carbocycles. The van der Waals surface area contributed by atoms with Crippen molar-refractivity contribution in [3.05, 3.63) is 77.9 Å². The van der Waals surface area contributed by atoms with E-state index in [9.17, 15) is 22.8 Å². The van der Waals surface area contributed by atoms with Crippen LogP contribution < -0.4 is 26.0 Å². The lowest BCUT2D eigenvalue weighted by Gasteiger charge is -2.61. The highest BCUT2D eigenvalue weighted by Gasteiger charge is 2.51. The van der Waals surface area contributed by atoms with Crippen LogP contribution in [0.1, 0.15) is 68.1 Å². The molecule has 1 spiro atoms. The molecule has 2 aromatic heterocycles. The van der Waals surface area contributed by atoms with Crippen molar-refractivity contribution in [1.82, 2.24) is 39.0 Å². The molecule has 0 radical (unpaired) electrons. The average molecular weight is 869 g/mol. The average Bonchev–Trinajstić information content (AvgIpc) is 3.66. The Balaban J connectivity index is 0.889. The number of fused-ring (bicyclic) bond motifs is 1. The van der Waals surface area contributed by atoms with E-state index in [-0.39, 0.29) is 42.2 Å². The normalized spacial score (nSPS) is 17.6. The van der Waals surface area contributed by atoms with Crippen molar-refractivity contribution < 1.29 is 27.5 Å². The van der Waals surface area contributed by atoms with Gasteiger partial charge < -0.3 is 41.1 Å². The summed E-state index contributed by atoms with van der Waals surface area (Å²) in [4.78, 5) is 52.4. The Morgan fingerprint density at radius 1 is 1.10 bits per heavy atom. The topological polar surface area (TPSA) is 225 Å². The first-order valence-corrected chi connectivity index (χ1v) is 22.5. The molecule has 3 aliphatic heterocycles. The first-order valence-electron chi connectivity index (χ1n) is 21.0. The van der Waals surface area contributed by atoms with Crippen LogP contribution >= 0.6 is 0 Å². The zero-order chi connectivity index (χ0) is 44.2. The van der Waals surface area contributed by atoms with Gasteiger partial charge in [0.05, 0.1) is 17.0 Å². The largest absolute Gasteiger partial charge is 0.485 e. The summed E-state index contributed by atoms with van der Waals surface area (Å²) < 4.78 is 36.8. The fraction of sp³-hybridized carbons (Fsp3) is 0.465. The number of nitrogens with one attached hydrogen (secondary N) is 3. The molecular formula is C43H56N12O6S. The van der Waals surface area contributed by atoms with Crippen LogP contribution in [0.2, 0.25) is 0 Å². The molecule has 7 rings (SSSR count). The van der Waals surface area contributed by atoms with Gasteiger partial charge in [0.1, 0.15) is 18.3 Å². The number of nitrogens with zero attached hydrogens (tertiary/aromatic N) is 8. The van der Waals surface area contributed by atoms with E-state index in [1.807, 2.05) is 45.0 Å². The Morgan fingerprint density at radius 3 is 2.45 bits per heavy atom. The molecule has 2 amide bonds. The standard InChI is InChI=1S/C43H56N12O6S/c1-5-54(35(23-56)13-14-37(57)46-4)41(58)31-9-11-34(12-10-31)52-26-43(27-52)24-51(25-43)22-30-7-6-8-36(19-30)62(59,60)53-17-15-33(16-18-53)48-42-49-40-39(61-29(2)3)38(32(20-44)21-45)47-28-55(40)50-42/h6-12,19-21,23,28-29,33,35,44H,5,13-18,22,24-27,45H2,1-4H3,(H,46,57)(H,48,50)/b32-21+,44-20?. The molecule has 18 nitrogen and oxygen atoms in total. The lowest BCUT2D eigenvalue weighted by atomic mass is 9.72. The number of rotatable bonds is 18. The van der Waals surface area contributed by atoms with Gasteiger partial charge in [0, 0.05) is 107 Å². The van der Waals surface area contributed by atoms with Gasteiger partial charge in [-0.15, -0.1) is 5.10 Å². The quantitative estimate of drug-likeness (QED) is 0.0835. The summed E-state index contributed by atoms with van der Waals surface area (Å²) >= 11 is 0. The van der Waals surface area contributed by atoms with Gasteiger partial charge in [0.15, 0.2) is 5.75 Å². The number of hydrogen-bond donors (Lipinski definition) is 4. The third kappa shape index (κ3) is 9.29. The molecule has 19 heteroatoms. The molecule has 4 aromatic rings. The Kier molecular flexibility index (Phi) is 13.2. The smallest absolute Gasteiger partial charge is 0.254 e. The van der Waals surface area contributed by atoms with Gasteiger partial charge in [-0.05, 0) is 82.0 Å². The number of carbonyl (C=O) groups excluding carboxylic acids is 3. The number of hydrogen-bond acceptors (Lipinski definition) is 14. The SMILES string of the molecule is CCN(C(=O)c1ccc(N2CC3(CN(Cc4cccc(S(=O)(=O)N5CCC(Nc6nc7c(OC(C)C)c(/C(C=N)=C/N)ncn7n6)CC5)c4)C3)C2)cc1)C(C=O)CCC(=O)NC. The second-order valence-corrected chi connectivity index (χ2v) is 18.5. The van der Waals surface area contributed by atoms with Crippen LogP contribution in [-0.4, -0.2) is 137 Å². The number of ether oxygens (including phenoxy) is 1. The summed E-state index contributed by atoms with van der Waals surface area (Å²) in [6.45, 7) is 10.9. The van der Waals surface area contributed by atoms with Gasteiger partial charge in [-0.25, -0.2) is 13.4 Å². The first kappa shape index (κ1) is 44.1. The van der Waals surface area contributed by atoms with E-state index in [0.717, 1.165) is 49.9 Å². The van der Waals surface area contributed by atoms with Gasteiger partial charge in [0.25, 0.3) is 5.91 Å². The number of carbonyl (C=O) groups is 3. The maximum atomic E-state index is 13.9. The molecule has 1 atom stereocenters. The number of aromatic nitrogens is 4. The molecule has 0 bridgehead atoms. The molecule has 3 aliphatic rings. The molecule has 3 saturated heterocycles. The van der Waals surface area contributed by atoms with Crippen LogP contribution in [0.25, 0.3) is 11.2 Å². The lowest BCUT2D eigenvalue weighted by molar-refractivity contribution is -0.121. The molecule has 0 saturated carbocycles. The van der Waals surface area contributed by atoms with Crippen LogP contribution in [0.5, 0.6) is 5.75 Å². The molecule has 62 heavy (non-hydrogen) atoms. The number of likely N-dealkylation sites (N-methyl/N-ethyl adjacent to an activating group) is 1. The Labute approximate surface area is 362 Å². The lowest BCUT2D eigenvalue weighted by Crippen LogP contribution is -2.71. The molecular weight excluding hydrogens is 813 g/mol. The summed E-state index contributed by atoms with van der Waals surface area (Å²) in [6, 6.07) is 14.0. The zero-order valence-electron chi connectivity index (χ0n) is 35.7. The van der Waals surface area contributed by atoms with Gasteiger partial charge in [-0.3, -0.25) is 14.5 Å². The van der Waals surface area contributed by atoms with E-state index in [1.165, 1.54) is 21.9 Å². The number of likely N-dealkylation sites (tertiary alicyclic amines) is 1. The summed E-state index contributed by atoms with van der Waals surface area (Å²) in [6.07, 6.45) is 6.01. The van der Waals surface area contributed by atoms with Crippen LogP contribution in [0.15, 0.2) is 66.0 Å². The van der Waals surface area contributed by atoms with Crippen LogP contribution in [-0.2, 0) is 26.2 Å². The third-order valence-electron chi connectivity index (χ3n) is 11.8. The van der Waals surface area contributed by atoms with E-state index in [4.69, 9.17) is 15.9 Å². The number of piperidine rings is 1. The molecule has 5 N–H and O–H groups in total. The number of nitrogens with two attached hydrogens (primary N) is 1. The van der Waals surface area contributed by atoms with E-state index >= 15 is 0 Å². The highest BCUT2D eigenvalue weighted by Crippen LogP contribution is 2.42. The molecule has 1 unspecified atom stereocenters. The molecule has 2 aromatic carbocycles. The maximum Gasteiger partial charge on any atom is 0.254 e. The van der Waals surface area contributed by atoms with Gasteiger partial charge >= 0.3 is 0 Å². The highest BCUT2D eigenvalue weighted by molar-refractivity contribution is 7.89. The second kappa shape index (κ2) is 18.6. The van der Waals surface area contributed by atoms with Crippen molar-refractivity contribution in [2.75, 3.05) is 63.1 Å².